The number of fused-ring (bicyclic) bond motifs is 5. The van der Waals surface area contributed by atoms with Crippen molar-refractivity contribution in [3.05, 3.63) is 106 Å². The minimum absolute atomic E-state index is 0.120. The van der Waals surface area contributed by atoms with E-state index in [1.807, 2.05) is 72.8 Å². The van der Waals surface area contributed by atoms with Crippen molar-refractivity contribution < 1.29 is 19.1 Å². The molecule has 0 N–H and O–H groups in total. The van der Waals surface area contributed by atoms with E-state index >= 15 is 0 Å². The minimum atomic E-state index is -0.391. The Labute approximate surface area is 218 Å². The molecule has 5 nitrogen and oxygen atoms in total. The summed E-state index contributed by atoms with van der Waals surface area (Å²) in [7, 11) is 3.29. The van der Waals surface area contributed by atoms with Gasteiger partial charge in [0.05, 0.1) is 31.7 Å². The number of halogens is 1. The van der Waals surface area contributed by atoms with Gasteiger partial charge in [0.15, 0.2) is 0 Å². The molecule has 2 bridgehead atoms. The maximum Gasteiger partial charge on any atom is 0.238 e. The van der Waals surface area contributed by atoms with E-state index in [1.165, 1.54) is 4.90 Å². The normalized spacial score (nSPS) is 23.9. The number of hydrogen-bond acceptors (Lipinski definition) is 4. The summed E-state index contributed by atoms with van der Waals surface area (Å²) in [6, 6.07) is 23.3. The van der Waals surface area contributed by atoms with Gasteiger partial charge in [-0.3, -0.25) is 9.59 Å². The van der Waals surface area contributed by atoms with E-state index in [0.717, 1.165) is 38.2 Å². The molecule has 1 saturated carbocycles. The predicted octanol–water partition coefficient (Wildman–Crippen LogP) is 5.89. The summed E-state index contributed by atoms with van der Waals surface area (Å²) in [4.78, 5) is 28.8. The number of imide groups is 1. The maximum atomic E-state index is 13.7. The Kier molecular flexibility index (Phi) is 5.56. The highest BCUT2D eigenvalue weighted by atomic mass is 79.9. The van der Waals surface area contributed by atoms with Gasteiger partial charge in [0, 0.05) is 16.3 Å². The lowest BCUT2D eigenvalue weighted by molar-refractivity contribution is -0.122. The number of nitrogens with zero attached hydrogens (tertiary/aromatic N) is 1. The van der Waals surface area contributed by atoms with Crippen molar-refractivity contribution in [3.63, 3.8) is 0 Å². The topological polar surface area (TPSA) is 55.8 Å². The van der Waals surface area contributed by atoms with Gasteiger partial charge in [-0.2, -0.15) is 0 Å². The van der Waals surface area contributed by atoms with Gasteiger partial charge in [-0.05, 0) is 70.8 Å². The van der Waals surface area contributed by atoms with Gasteiger partial charge in [-0.25, -0.2) is 4.90 Å². The van der Waals surface area contributed by atoms with Crippen molar-refractivity contribution in [2.45, 2.75) is 0 Å². The molecule has 0 aromatic heterocycles. The fourth-order valence-electron chi connectivity index (χ4n) is 5.96. The first-order valence-electron chi connectivity index (χ1n) is 11.9. The third-order valence-corrected chi connectivity index (χ3v) is 8.08. The molecule has 6 heteroatoms. The van der Waals surface area contributed by atoms with Crippen LogP contribution in [0.4, 0.5) is 5.69 Å². The lowest BCUT2D eigenvalue weighted by Gasteiger charge is -2.22. The van der Waals surface area contributed by atoms with Crippen LogP contribution in [0.2, 0.25) is 0 Å². The molecule has 180 valence electrons. The molecule has 3 aliphatic rings. The molecule has 0 spiro atoms. The zero-order valence-electron chi connectivity index (χ0n) is 19.9. The van der Waals surface area contributed by atoms with Crippen LogP contribution < -0.4 is 14.4 Å². The Morgan fingerprint density at radius 2 is 1.14 bits per heavy atom. The second-order valence-electron chi connectivity index (χ2n) is 9.26. The smallest absolute Gasteiger partial charge is 0.238 e. The predicted molar refractivity (Wildman–Crippen MR) is 142 cm³/mol. The van der Waals surface area contributed by atoms with Crippen molar-refractivity contribution in [1.29, 1.82) is 0 Å². The summed E-state index contributed by atoms with van der Waals surface area (Å²) in [6.45, 7) is 0. The summed E-state index contributed by atoms with van der Waals surface area (Å²) in [5, 5.41) is 0. The number of ether oxygens (including phenoxy) is 2. The molecule has 2 aliphatic carbocycles. The minimum Gasteiger partial charge on any atom is -0.497 e. The van der Waals surface area contributed by atoms with Gasteiger partial charge < -0.3 is 9.47 Å². The highest BCUT2D eigenvalue weighted by Gasteiger charge is 2.62. The van der Waals surface area contributed by atoms with Gasteiger partial charge in [0.1, 0.15) is 11.5 Å². The fraction of sp³-hybridized carbons (Fsp3) is 0.200. The summed E-state index contributed by atoms with van der Waals surface area (Å²) in [5.74, 6) is 0.272. The van der Waals surface area contributed by atoms with Crippen LogP contribution in [0.3, 0.4) is 0 Å². The monoisotopic (exact) mass is 541 g/mol. The molecule has 2 fully saturated rings. The van der Waals surface area contributed by atoms with E-state index < -0.39 is 11.8 Å². The van der Waals surface area contributed by atoms with Crippen molar-refractivity contribution in [3.8, 4) is 11.5 Å². The zero-order chi connectivity index (χ0) is 25.0. The van der Waals surface area contributed by atoms with Crippen LogP contribution in [0.25, 0.3) is 5.57 Å². The van der Waals surface area contributed by atoms with Crippen LogP contribution in [0, 0.1) is 23.7 Å². The van der Waals surface area contributed by atoms with Gasteiger partial charge in [-0.1, -0.05) is 52.3 Å². The van der Waals surface area contributed by atoms with Crippen LogP contribution in [-0.4, -0.2) is 26.0 Å². The Hall–Kier alpha value is -3.64. The number of anilines is 1. The van der Waals surface area contributed by atoms with E-state index in [1.54, 1.807) is 14.2 Å². The molecule has 1 aliphatic heterocycles. The Balaban J connectivity index is 1.47. The lowest BCUT2D eigenvalue weighted by Crippen LogP contribution is -2.33. The van der Waals surface area contributed by atoms with E-state index in [2.05, 4.69) is 28.1 Å². The SMILES string of the molecule is COc1ccc(C(=C2C3C=CC2C2C(=O)N(c4ccc(Br)cc4)C(=O)C32)c2ccc(OC)cc2)cc1. The Bertz CT molecular complexity index is 1320. The van der Waals surface area contributed by atoms with E-state index in [-0.39, 0.29) is 23.7 Å². The first-order chi connectivity index (χ1) is 17.5. The summed E-state index contributed by atoms with van der Waals surface area (Å²) < 4.78 is 11.6. The van der Waals surface area contributed by atoms with E-state index in [0.29, 0.717) is 5.69 Å². The van der Waals surface area contributed by atoms with Gasteiger partial charge in [-0.15, -0.1) is 0 Å². The molecule has 2 amide bonds. The maximum absolute atomic E-state index is 13.7. The average molecular weight is 542 g/mol. The Morgan fingerprint density at radius 3 is 1.56 bits per heavy atom. The highest BCUT2D eigenvalue weighted by molar-refractivity contribution is 9.10. The van der Waals surface area contributed by atoms with Crippen molar-refractivity contribution >= 4 is 39.0 Å². The molecule has 4 unspecified atom stereocenters. The summed E-state index contributed by atoms with van der Waals surface area (Å²) in [5.41, 5.74) is 4.87. The number of hydrogen-bond donors (Lipinski definition) is 0. The molecule has 4 atom stereocenters. The zero-order valence-corrected chi connectivity index (χ0v) is 21.4. The number of allylic oxidation sites excluding steroid dienone is 3. The van der Waals surface area contributed by atoms with Crippen LogP contribution in [-0.2, 0) is 9.59 Å². The molecular formula is C30H24BrNO4. The van der Waals surface area contributed by atoms with Crippen LogP contribution in [0.1, 0.15) is 11.1 Å². The number of rotatable bonds is 5. The molecule has 3 aromatic rings. The molecule has 1 heterocycles. The number of carbonyl (C=O) groups excluding carboxylic acids is 2. The van der Waals surface area contributed by atoms with Gasteiger partial charge >= 0.3 is 0 Å². The number of benzene rings is 3. The quantitative estimate of drug-likeness (QED) is 0.298. The summed E-state index contributed by atoms with van der Waals surface area (Å²) in [6.07, 6.45) is 4.23. The summed E-state index contributed by atoms with van der Waals surface area (Å²) >= 11 is 3.43. The average Bonchev–Trinajstić information content (AvgIpc) is 3.55. The molecule has 1 saturated heterocycles. The molecule has 0 radical (unpaired) electrons. The third kappa shape index (κ3) is 3.43. The van der Waals surface area contributed by atoms with E-state index in [4.69, 9.17) is 9.47 Å². The van der Waals surface area contributed by atoms with Crippen molar-refractivity contribution in [2.75, 3.05) is 19.1 Å². The molecule has 6 rings (SSSR count). The molecule has 3 aromatic carbocycles. The molecule has 36 heavy (non-hydrogen) atoms. The highest BCUT2D eigenvalue weighted by Crippen LogP contribution is 2.59. The lowest BCUT2D eigenvalue weighted by atomic mass is 9.85. The van der Waals surface area contributed by atoms with Crippen molar-refractivity contribution in [2.24, 2.45) is 23.7 Å². The largest absolute Gasteiger partial charge is 0.497 e. The number of methoxy groups -OCH3 is 2. The van der Waals surface area contributed by atoms with Crippen LogP contribution in [0.15, 0.2) is 95.0 Å². The van der Waals surface area contributed by atoms with Crippen molar-refractivity contribution in [1.82, 2.24) is 0 Å². The first-order valence-corrected chi connectivity index (χ1v) is 12.7. The first kappa shape index (κ1) is 22.8. The number of carbonyl (C=O) groups is 2. The second-order valence-corrected chi connectivity index (χ2v) is 10.2. The van der Waals surface area contributed by atoms with Crippen LogP contribution >= 0.6 is 15.9 Å². The van der Waals surface area contributed by atoms with Gasteiger partial charge in [0.25, 0.3) is 0 Å². The van der Waals surface area contributed by atoms with Gasteiger partial charge in [0.2, 0.25) is 11.8 Å². The second kappa shape index (κ2) is 8.79. The van der Waals surface area contributed by atoms with E-state index in [9.17, 15) is 9.59 Å². The third-order valence-electron chi connectivity index (χ3n) is 7.55. The van der Waals surface area contributed by atoms with Crippen LogP contribution in [0.5, 0.6) is 11.5 Å². The number of amides is 2. The fourth-order valence-corrected chi connectivity index (χ4v) is 6.22. The standard InChI is InChI=1S/C30H24BrNO4/c1-35-21-11-3-17(4-12-21)25(18-5-13-22(36-2)14-6-18)26-23-15-16-24(26)28-27(23)29(33)32(30(28)34)20-9-7-19(31)8-10-20/h3-16,23-24,27-28H,1-2H3. The molecular weight excluding hydrogens is 518 g/mol. The Morgan fingerprint density at radius 1 is 0.694 bits per heavy atom.